The molecule has 38 heavy (non-hydrogen) atoms. The maximum atomic E-state index is 15.4. The van der Waals surface area contributed by atoms with Crippen LogP contribution in [0.4, 0.5) is 15.2 Å². The number of thiazole rings is 1. The number of hydrogen-bond acceptors (Lipinski definition) is 8. The molecule has 0 radical (unpaired) electrons. The lowest BCUT2D eigenvalue weighted by Gasteiger charge is -2.11. The third kappa shape index (κ3) is 5.74. The molecule has 0 amide bonds. The third-order valence-electron chi connectivity index (χ3n) is 5.24. The van der Waals surface area contributed by atoms with Gasteiger partial charge in [0.15, 0.2) is 16.7 Å². The predicted molar refractivity (Wildman–Crippen MR) is 145 cm³/mol. The minimum Gasteiger partial charge on any atom is -0.453 e. The zero-order valence-electron chi connectivity index (χ0n) is 19.4. The number of benzene rings is 3. The molecule has 0 aliphatic carbocycles. The quantitative estimate of drug-likeness (QED) is 0.204. The standard InChI is InChI=1S/C26H15Cl3FN5O2S/c1-13-24(38-26(32-13)33-18-5-3-16(27)4-6-18)25-35-34-21(37-25)10-15-2-7-20(29)23(22(15)30)36-19-9-14(12-31)8-17(28)11-19/h2-9,11H,10H2,1H3,(H,32,33). The molecule has 0 saturated carbocycles. The number of nitrogens with zero attached hydrogens (tertiary/aromatic N) is 4. The molecular weight excluding hydrogens is 572 g/mol. The van der Waals surface area contributed by atoms with E-state index in [0.717, 1.165) is 5.69 Å². The summed E-state index contributed by atoms with van der Waals surface area (Å²) in [6.45, 7) is 1.83. The van der Waals surface area contributed by atoms with Crippen LogP contribution in [0.5, 0.6) is 11.5 Å². The molecule has 0 aliphatic heterocycles. The molecule has 2 heterocycles. The average Bonchev–Trinajstić information content (AvgIpc) is 3.50. The molecule has 2 aromatic heterocycles. The zero-order valence-corrected chi connectivity index (χ0v) is 22.5. The van der Waals surface area contributed by atoms with Crippen molar-refractivity contribution in [2.24, 2.45) is 0 Å². The van der Waals surface area contributed by atoms with Crippen LogP contribution in [0.25, 0.3) is 10.8 Å². The smallest absolute Gasteiger partial charge is 0.259 e. The topological polar surface area (TPSA) is 96.9 Å². The van der Waals surface area contributed by atoms with Crippen LogP contribution in [0.1, 0.15) is 22.7 Å². The van der Waals surface area contributed by atoms with Crippen molar-refractivity contribution in [2.45, 2.75) is 13.3 Å². The lowest BCUT2D eigenvalue weighted by atomic mass is 10.1. The molecule has 0 atom stereocenters. The van der Waals surface area contributed by atoms with E-state index >= 15 is 4.39 Å². The van der Waals surface area contributed by atoms with E-state index in [4.69, 9.17) is 49.2 Å². The molecule has 0 unspecified atom stereocenters. The lowest BCUT2D eigenvalue weighted by molar-refractivity contribution is 0.437. The highest BCUT2D eigenvalue weighted by atomic mass is 35.5. The number of nitriles is 1. The van der Waals surface area contributed by atoms with Crippen molar-refractivity contribution in [3.63, 3.8) is 0 Å². The second kappa shape index (κ2) is 11.0. The number of halogens is 4. The van der Waals surface area contributed by atoms with Crippen molar-refractivity contribution in [3.05, 3.63) is 98.2 Å². The maximum absolute atomic E-state index is 15.4. The number of aromatic nitrogens is 3. The fraction of sp³-hybridized carbons (Fsp3) is 0.0769. The van der Waals surface area contributed by atoms with Gasteiger partial charge in [0.05, 0.1) is 28.8 Å². The molecule has 1 N–H and O–H groups in total. The summed E-state index contributed by atoms with van der Waals surface area (Å²) in [4.78, 5) is 5.21. The summed E-state index contributed by atoms with van der Waals surface area (Å²) >= 11 is 19.5. The number of anilines is 2. The van der Waals surface area contributed by atoms with Crippen LogP contribution in [0.3, 0.4) is 0 Å². The van der Waals surface area contributed by atoms with Crippen LogP contribution in [-0.2, 0) is 6.42 Å². The first kappa shape index (κ1) is 25.9. The van der Waals surface area contributed by atoms with Gasteiger partial charge in [-0.3, -0.25) is 0 Å². The van der Waals surface area contributed by atoms with Gasteiger partial charge in [-0.25, -0.2) is 9.37 Å². The van der Waals surface area contributed by atoms with Crippen molar-refractivity contribution in [2.75, 3.05) is 5.32 Å². The summed E-state index contributed by atoms with van der Waals surface area (Å²) < 4.78 is 26.9. The number of rotatable bonds is 7. The number of hydrogen-bond donors (Lipinski definition) is 1. The Balaban J connectivity index is 1.36. The molecule has 5 rings (SSSR count). The Morgan fingerprint density at radius 3 is 2.61 bits per heavy atom. The summed E-state index contributed by atoms with van der Waals surface area (Å²) in [5, 5.41) is 22.2. The number of ether oxygens (including phenoxy) is 1. The van der Waals surface area contributed by atoms with E-state index in [1.54, 1.807) is 12.1 Å². The number of nitrogens with one attached hydrogen (secondary N) is 1. The van der Waals surface area contributed by atoms with Crippen molar-refractivity contribution < 1.29 is 13.5 Å². The molecule has 3 aromatic carbocycles. The fourth-order valence-electron chi connectivity index (χ4n) is 3.49. The lowest BCUT2D eigenvalue weighted by Crippen LogP contribution is -1.98. The van der Waals surface area contributed by atoms with Gasteiger partial charge in [-0.1, -0.05) is 52.2 Å². The van der Waals surface area contributed by atoms with Gasteiger partial charge in [0.25, 0.3) is 5.89 Å². The summed E-state index contributed by atoms with van der Waals surface area (Å²) in [6.07, 6.45) is -0.000906. The molecule has 0 aliphatic rings. The summed E-state index contributed by atoms with van der Waals surface area (Å²) in [5.41, 5.74) is 2.03. The van der Waals surface area contributed by atoms with E-state index < -0.39 is 5.82 Å². The van der Waals surface area contributed by atoms with E-state index in [1.165, 1.54) is 41.7 Å². The van der Waals surface area contributed by atoms with Crippen LogP contribution in [-0.4, -0.2) is 15.2 Å². The molecule has 0 spiro atoms. The average molecular weight is 587 g/mol. The van der Waals surface area contributed by atoms with E-state index in [2.05, 4.69) is 20.5 Å². The maximum Gasteiger partial charge on any atom is 0.259 e. The predicted octanol–water partition coefficient (Wildman–Crippen LogP) is 8.60. The second-order valence-corrected chi connectivity index (χ2v) is 10.3. The molecule has 5 aromatic rings. The zero-order chi connectivity index (χ0) is 26.8. The normalized spacial score (nSPS) is 10.8. The van der Waals surface area contributed by atoms with Crippen LogP contribution >= 0.6 is 46.1 Å². The first-order valence-electron chi connectivity index (χ1n) is 11.0. The van der Waals surface area contributed by atoms with Gasteiger partial charge in [-0.05, 0) is 55.5 Å². The van der Waals surface area contributed by atoms with E-state index in [9.17, 15) is 0 Å². The van der Waals surface area contributed by atoms with Crippen LogP contribution < -0.4 is 10.1 Å². The minimum atomic E-state index is -0.695. The first-order valence-corrected chi connectivity index (χ1v) is 12.9. The second-order valence-electron chi connectivity index (χ2n) is 7.98. The van der Waals surface area contributed by atoms with Gasteiger partial charge >= 0.3 is 0 Å². The van der Waals surface area contributed by atoms with Gasteiger partial charge in [0.1, 0.15) is 10.6 Å². The van der Waals surface area contributed by atoms with Crippen LogP contribution in [0, 0.1) is 24.1 Å². The Morgan fingerprint density at radius 2 is 1.84 bits per heavy atom. The number of aryl methyl sites for hydroxylation is 1. The van der Waals surface area contributed by atoms with E-state index in [1.807, 2.05) is 25.1 Å². The van der Waals surface area contributed by atoms with Crippen molar-refractivity contribution >= 4 is 57.0 Å². The fourth-order valence-corrected chi connectivity index (χ4v) is 4.94. The summed E-state index contributed by atoms with van der Waals surface area (Å²) in [5.74, 6) is -0.254. The largest absolute Gasteiger partial charge is 0.453 e. The van der Waals surface area contributed by atoms with Gasteiger partial charge in [-0.15, -0.1) is 10.2 Å². The molecule has 0 bridgehead atoms. The molecule has 7 nitrogen and oxygen atoms in total. The molecule has 0 fully saturated rings. The van der Waals surface area contributed by atoms with Crippen LogP contribution in [0.15, 0.2) is 59.0 Å². The monoisotopic (exact) mass is 585 g/mol. The van der Waals surface area contributed by atoms with E-state index in [0.29, 0.717) is 20.7 Å². The minimum absolute atomic E-state index is 0.000906. The molecule has 12 heteroatoms. The molecule has 0 saturated heterocycles. The van der Waals surface area contributed by atoms with Crippen molar-refractivity contribution in [1.82, 2.24) is 15.2 Å². The summed E-state index contributed by atoms with van der Waals surface area (Å²) in [7, 11) is 0. The Morgan fingerprint density at radius 1 is 1.05 bits per heavy atom. The van der Waals surface area contributed by atoms with Gasteiger partial charge < -0.3 is 14.5 Å². The van der Waals surface area contributed by atoms with Crippen molar-refractivity contribution in [1.29, 1.82) is 5.26 Å². The highest BCUT2D eigenvalue weighted by molar-refractivity contribution is 7.19. The SMILES string of the molecule is Cc1nc(Nc2ccc(Cl)cc2)sc1-c1nnc(Cc2ccc(Cl)c(Oc3cc(Cl)cc(C#N)c3)c2F)o1. The molecule has 190 valence electrons. The van der Waals surface area contributed by atoms with Gasteiger partial charge in [0, 0.05) is 21.3 Å². The van der Waals surface area contributed by atoms with Crippen molar-refractivity contribution in [3.8, 4) is 28.3 Å². The molecular formula is C26H15Cl3FN5O2S. The van der Waals surface area contributed by atoms with Gasteiger partial charge in [0.2, 0.25) is 5.89 Å². The highest BCUT2D eigenvalue weighted by Crippen LogP contribution is 2.37. The first-order chi connectivity index (χ1) is 18.3. The van der Waals surface area contributed by atoms with Crippen LogP contribution in [0.2, 0.25) is 15.1 Å². The Labute approximate surface area is 235 Å². The van der Waals surface area contributed by atoms with E-state index in [-0.39, 0.29) is 50.9 Å². The van der Waals surface area contributed by atoms with Gasteiger partial charge in [-0.2, -0.15) is 5.26 Å². The Bertz CT molecular complexity index is 1680. The summed E-state index contributed by atoms with van der Waals surface area (Å²) in [6, 6.07) is 16.6. The third-order valence-corrected chi connectivity index (χ3v) is 7.07. The Hall–Kier alpha value is -3.68. The Kier molecular flexibility index (Phi) is 7.49. The highest BCUT2D eigenvalue weighted by Gasteiger charge is 2.20.